The smallest absolute Gasteiger partial charge is 0.0828 e. The van der Waals surface area contributed by atoms with Gasteiger partial charge in [0.1, 0.15) is 0 Å². The summed E-state index contributed by atoms with van der Waals surface area (Å²) in [6.07, 6.45) is 5.14. The Bertz CT molecular complexity index is 298. The Morgan fingerprint density at radius 1 is 1.00 bits per heavy atom. The lowest BCUT2D eigenvalue weighted by Gasteiger charge is -1.59. The quantitative estimate of drug-likeness (QED) is 0.318. The maximum absolute atomic E-state index is 5.06. The van der Waals surface area contributed by atoms with Gasteiger partial charge in [-0.15, -0.1) is 6.42 Å². The summed E-state index contributed by atoms with van der Waals surface area (Å²) in [5, 5.41) is 0. The SMILES string of the molecule is [B]CC#CC#CC#CC#C. The highest BCUT2D eigenvalue weighted by Crippen LogP contribution is 1.60. The Kier molecular flexibility index (Phi) is 6.07. The molecule has 0 fully saturated rings. The summed E-state index contributed by atoms with van der Waals surface area (Å²) in [6.45, 7) is 0. The molecule has 0 aromatic carbocycles. The average molecular weight is 122 g/mol. The average Bonchev–Trinajstić information content (AvgIpc) is 1.97. The van der Waals surface area contributed by atoms with E-state index < -0.39 is 0 Å². The predicted octanol–water partition coefficient (Wildman–Crippen LogP) is 0.217. The van der Waals surface area contributed by atoms with Crippen LogP contribution in [0.15, 0.2) is 0 Å². The summed E-state index contributed by atoms with van der Waals surface area (Å²) in [5.41, 5.74) is 0. The van der Waals surface area contributed by atoms with Gasteiger partial charge in [-0.05, 0) is 41.8 Å². The molecule has 0 heterocycles. The predicted molar refractivity (Wildman–Crippen MR) is 42.7 cm³/mol. The molecule has 0 unspecified atom stereocenters. The fourth-order valence-electron chi connectivity index (χ4n) is 0.225. The Hall–Kier alpha value is -1.70. The first-order valence-corrected chi connectivity index (χ1v) is 2.55. The largest absolute Gasteiger partial charge is 0.106 e. The highest BCUT2D eigenvalue weighted by atomic mass is 13.5. The molecule has 0 rings (SSSR count). The first kappa shape index (κ1) is 8.30. The van der Waals surface area contributed by atoms with Crippen molar-refractivity contribution in [2.75, 3.05) is 0 Å². The van der Waals surface area contributed by atoms with Crippen LogP contribution >= 0.6 is 0 Å². The van der Waals surface area contributed by atoms with Crippen molar-refractivity contribution >= 4 is 7.85 Å². The van der Waals surface area contributed by atoms with Gasteiger partial charge in [0.05, 0.1) is 7.85 Å². The molecule has 0 aliphatic heterocycles. The van der Waals surface area contributed by atoms with Crippen molar-refractivity contribution in [3.05, 3.63) is 0 Å². The van der Waals surface area contributed by atoms with E-state index >= 15 is 0 Å². The lowest BCUT2D eigenvalue weighted by molar-refractivity contribution is 1.88. The Balaban J connectivity index is 3.85. The Morgan fingerprint density at radius 3 is 2.20 bits per heavy atom. The van der Waals surface area contributed by atoms with Crippen LogP contribution in [-0.2, 0) is 0 Å². The van der Waals surface area contributed by atoms with E-state index in [2.05, 4.69) is 41.4 Å². The van der Waals surface area contributed by atoms with Gasteiger partial charge in [-0.2, -0.15) is 0 Å². The molecule has 0 aromatic heterocycles. The van der Waals surface area contributed by atoms with E-state index in [0.717, 1.165) is 0 Å². The van der Waals surface area contributed by atoms with Crippen molar-refractivity contribution in [3.8, 4) is 47.9 Å². The molecule has 0 atom stereocenters. The van der Waals surface area contributed by atoms with Gasteiger partial charge in [0.25, 0.3) is 0 Å². The fourth-order valence-corrected chi connectivity index (χ4v) is 0.225. The zero-order valence-corrected chi connectivity index (χ0v) is 5.36. The lowest BCUT2D eigenvalue weighted by atomic mass is 10.1. The van der Waals surface area contributed by atoms with Crippen molar-refractivity contribution in [2.45, 2.75) is 6.32 Å². The third-order valence-electron chi connectivity index (χ3n) is 0.513. The van der Waals surface area contributed by atoms with E-state index in [1.807, 2.05) is 0 Å². The van der Waals surface area contributed by atoms with Crippen LogP contribution in [0, 0.1) is 47.9 Å². The molecule has 0 N–H and O–H groups in total. The van der Waals surface area contributed by atoms with Crippen molar-refractivity contribution in [1.29, 1.82) is 0 Å². The van der Waals surface area contributed by atoms with Crippen LogP contribution in [0.1, 0.15) is 0 Å². The normalized spacial score (nSPS) is 4.30. The minimum Gasteiger partial charge on any atom is -0.106 e. The molecular formula is C9H3B. The van der Waals surface area contributed by atoms with Gasteiger partial charge in [-0.1, -0.05) is 5.92 Å². The number of hydrogen-bond donors (Lipinski definition) is 0. The second-order valence-corrected chi connectivity index (χ2v) is 1.15. The van der Waals surface area contributed by atoms with Gasteiger partial charge in [0.15, 0.2) is 0 Å². The second kappa shape index (κ2) is 7.30. The summed E-state index contributed by atoms with van der Waals surface area (Å²) in [7, 11) is 5.06. The van der Waals surface area contributed by atoms with E-state index in [0.29, 0.717) is 6.32 Å². The Morgan fingerprint density at radius 2 is 1.60 bits per heavy atom. The van der Waals surface area contributed by atoms with Crippen LogP contribution in [0.4, 0.5) is 0 Å². The van der Waals surface area contributed by atoms with E-state index in [1.54, 1.807) is 0 Å². The van der Waals surface area contributed by atoms with E-state index in [4.69, 9.17) is 14.3 Å². The maximum Gasteiger partial charge on any atom is 0.0828 e. The highest BCUT2D eigenvalue weighted by Gasteiger charge is 1.56. The van der Waals surface area contributed by atoms with Crippen molar-refractivity contribution in [3.63, 3.8) is 0 Å². The van der Waals surface area contributed by atoms with Crippen molar-refractivity contribution in [2.24, 2.45) is 0 Å². The molecule has 0 aliphatic rings. The molecule has 2 radical (unpaired) electrons. The molecule has 0 bridgehead atoms. The molecular weight excluding hydrogens is 119 g/mol. The summed E-state index contributed by atoms with van der Waals surface area (Å²) in [4.78, 5) is 0. The molecule has 10 heavy (non-hydrogen) atoms. The highest BCUT2D eigenvalue weighted by molar-refractivity contribution is 6.10. The molecule has 0 spiro atoms. The van der Waals surface area contributed by atoms with E-state index in [1.165, 1.54) is 0 Å². The molecule has 0 aromatic rings. The van der Waals surface area contributed by atoms with Gasteiger partial charge in [0.2, 0.25) is 0 Å². The molecule has 42 valence electrons. The van der Waals surface area contributed by atoms with Gasteiger partial charge < -0.3 is 0 Å². The Labute approximate surface area is 62.8 Å². The molecule has 0 amide bonds. The van der Waals surface area contributed by atoms with Crippen LogP contribution in [-0.4, -0.2) is 7.85 Å². The van der Waals surface area contributed by atoms with Gasteiger partial charge in [-0.3, -0.25) is 0 Å². The first-order chi connectivity index (χ1) is 4.91. The van der Waals surface area contributed by atoms with Crippen LogP contribution in [0.5, 0.6) is 0 Å². The lowest BCUT2D eigenvalue weighted by Crippen LogP contribution is -1.57. The summed E-state index contributed by atoms with van der Waals surface area (Å²) in [6, 6.07) is 0. The van der Waals surface area contributed by atoms with E-state index in [-0.39, 0.29) is 0 Å². The van der Waals surface area contributed by atoms with Crippen LogP contribution < -0.4 is 0 Å². The van der Waals surface area contributed by atoms with E-state index in [9.17, 15) is 0 Å². The van der Waals surface area contributed by atoms with Crippen LogP contribution in [0.3, 0.4) is 0 Å². The molecule has 0 aliphatic carbocycles. The van der Waals surface area contributed by atoms with Gasteiger partial charge in [-0.25, -0.2) is 0 Å². The number of hydrogen-bond acceptors (Lipinski definition) is 0. The number of terminal acetylenes is 1. The molecule has 0 nitrogen and oxygen atoms in total. The third kappa shape index (κ3) is 6.30. The van der Waals surface area contributed by atoms with Crippen molar-refractivity contribution in [1.82, 2.24) is 0 Å². The summed E-state index contributed by atoms with van der Waals surface area (Å²) < 4.78 is 0. The van der Waals surface area contributed by atoms with Crippen LogP contribution in [0.25, 0.3) is 0 Å². The zero-order valence-electron chi connectivity index (χ0n) is 5.36. The number of rotatable bonds is 0. The van der Waals surface area contributed by atoms with Gasteiger partial charge in [0, 0.05) is 0 Å². The minimum absolute atomic E-state index is 0.317. The monoisotopic (exact) mass is 122 g/mol. The van der Waals surface area contributed by atoms with Crippen molar-refractivity contribution < 1.29 is 0 Å². The molecule has 1 heteroatoms. The first-order valence-electron chi connectivity index (χ1n) is 2.55. The third-order valence-corrected chi connectivity index (χ3v) is 0.513. The zero-order chi connectivity index (χ0) is 7.66. The topological polar surface area (TPSA) is 0 Å². The second-order valence-electron chi connectivity index (χ2n) is 1.15. The molecule has 0 saturated heterocycles. The minimum atomic E-state index is 0.317. The fraction of sp³-hybridized carbons (Fsp3) is 0.111. The summed E-state index contributed by atoms with van der Waals surface area (Å²) in [5.74, 6) is 16.8. The maximum atomic E-state index is 5.06. The summed E-state index contributed by atoms with van der Waals surface area (Å²) >= 11 is 0. The molecule has 0 saturated carbocycles. The van der Waals surface area contributed by atoms with Crippen LogP contribution in [0.2, 0.25) is 6.32 Å². The standard InChI is InChI=1S/C9H3B/c1-2-3-4-5-6-7-8-9-10/h1H,9H2. The van der Waals surface area contributed by atoms with Gasteiger partial charge >= 0.3 is 0 Å².